The molecule has 0 unspecified atom stereocenters. The normalized spacial score (nSPS) is 14.3. The molecule has 2 N–H and O–H groups in total. The Morgan fingerprint density at radius 2 is 1.68 bits per heavy atom. The van der Waals surface area contributed by atoms with E-state index in [0.717, 1.165) is 37.3 Å². The molecular formula is C29H28N6O2. The molecule has 1 aliphatic heterocycles. The van der Waals surface area contributed by atoms with Gasteiger partial charge in [-0.15, -0.1) is 0 Å². The number of carbonyl (C=O) groups is 1. The Morgan fingerprint density at radius 3 is 2.38 bits per heavy atom. The summed E-state index contributed by atoms with van der Waals surface area (Å²) in [5, 5.41) is 22.8. The molecule has 8 nitrogen and oxygen atoms in total. The SMILES string of the molecule is Cc1cc([C@@H](C)Nc2ccccc2C(=O)O)c2nc(N3CCN(c4ccccc4)CC3)c(C#N)nc2c1. The highest BCUT2D eigenvalue weighted by Crippen LogP contribution is 2.31. The number of rotatable bonds is 6. The summed E-state index contributed by atoms with van der Waals surface area (Å²) in [6, 6.07) is 23.1. The van der Waals surface area contributed by atoms with Crippen LogP contribution in [0, 0.1) is 18.3 Å². The van der Waals surface area contributed by atoms with Crippen molar-refractivity contribution >= 4 is 34.2 Å². The molecule has 5 rings (SSSR count). The Kier molecular flexibility index (Phi) is 6.60. The third-order valence-corrected chi connectivity index (χ3v) is 6.73. The highest BCUT2D eigenvalue weighted by molar-refractivity contribution is 5.94. The number of carboxylic acids is 1. The van der Waals surface area contributed by atoms with Gasteiger partial charge in [-0.25, -0.2) is 14.8 Å². The Balaban J connectivity index is 1.48. The van der Waals surface area contributed by atoms with Crippen molar-refractivity contribution in [3.63, 3.8) is 0 Å². The zero-order chi connectivity index (χ0) is 25.9. The molecule has 1 atom stereocenters. The summed E-state index contributed by atoms with van der Waals surface area (Å²) in [7, 11) is 0. The number of aromatic carboxylic acids is 1. The van der Waals surface area contributed by atoms with Crippen LogP contribution in [-0.2, 0) is 0 Å². The van der Waals surface area contributed by atoms with Crippen molar-refractivity contribution in [3.05, 3.63) is 89.1 Å². The van der Waals surface area contributed by atoms with E-state index < -0.39 is 5.97 Å². The summed E-state index contributed by atoms with van der Waals surface area (Å²) in [4.78, 5) is 25.9. The van der Waals surface area contributed by atoms with Crippen molar-refractivity contribution in [2.75, 3.05) is 41.3 Å². The lowest BCUT2D eigenvalue weighted by Crippen LogP contribution is -2.47. The van der Waals surface area contributed by atoms with Crippen molar-refractivity contribution < 1.29 is 9.90 Å². The van der Waals surface area contributed by atoms with Gasteiger partial charge in [-0.3, -0.25) is 0 Å². The first-order valence-electron chi connectivity index (χ1n) is 12.3. The third kappa shape index (κ3) is 4.89. The monoisotopic (exact) mass is 492 g/mol. The molecule has 1 saturated heterocycles. The van der Waals surface area contributed by atoms with Gasteiger partial charge in [-0.1, -0.05) is 36.4 Å². The molecule has 1 aliphatic rings. The van der Waals surface area contributed by atoms with Gasteiger partial charge in [0.05, 0.1) is 22.6 Å². The van der Waals surface area contributed by atoms with Crippen molar-refractivity contribution in [3.8, 4) is 6.07 Å². The van der Waals surface area contributed by atoms with E-state index in [1.807, 2.05) is 50.2 Å². The maximum Gasteiger partial charge on any atom is 0.337 e. The summed E-state index contributed by atoms with van der Waals surface area (Å²) in [6.07, 6.45) is 0. The summed E-state index contributed by atoms with van der Waals surface area (Å²) in [5.41, 5.74) is 5.50. The Morgan fingerprint density at radius 1 is 1.00 bits per heavy atom. The minimum Gasteiger partial charge on any atom is -0.478 e. The zero-order valence-corrected chi connectivity index (χ0v) is 20.8. The van der Waals surface area contributed by atoms with E-state index in [-0.39, 0.29) is 11.6 Å². The summed E-state index contributed by atoms with van der Waals surface area (Å²) in [6.45, 7) is 7.05. The van der Waals surface area contributed by atoms with E-state index in [2.05, 4.69) is 33.3 Å². The molecule has 3 aromatic carbocycles. The molecule has 0 bridgehead atoms. The molecular weight excluding hydrogens is 464 g/mol. The van der Waals surface area contributed by atoms with E-state index in [0.29, 0.717) is 28.2 Å². The second-order valence-electron chi connectivity index (χ2n) is 9.26. The molecule has 0 amide bonds. The van der Waals surface area contributed by atoms with Crippen LogP contribution >= 0.6 is 0 Å². The average Bonchev–Trinajstić information content (AvgIpc) is 2.92. The lowest BCUT2D eigenvalue weighted by atomic mass is 10.0. The van der Waals surface area contributed by atoms with E-state index in [1.165, 1.54) is 5.69 Å². The van der Waals surface area contributed by atoms with Gasteiger partial charge in [0.25, 0.3) is 0 Å². The van der Waals surface area contributed by atoms with Crippen LogP contribution in [0.15, 0.2) is 66.7 Å². The molecule has 1 aromatic heterocycles. The fraction of sp³-hybridized carbons (Fsp3) is 0.241. The van der Waals surface area contributed by atoms with Gasteiger partial charge < -0.3 is 20.2 Å². The molecule has 186 valence electrons. The summed E-state index contributed by atoms with van der Waals surface area (Å²) in [5.74, 6) is -0.397. The molecule has 0 saturated carbocycles. The second kappa shape index (κ2) is 10.2. The highest BCUT2D eigenvalue weighted by Gasteiger charge is 2.24. The fourth-order valence-corrected chi connectivity index (χ4v) is 4.87. The van der Waals surface area contributed by atoms with Gasteiger partial charge in [0.15, 0.2) is 11.5 Å². The molecule has 1 fully saturated rings. The molecule has 37 heavy (non-hydrogen) atoms. The maximum atomic E-state index is 11.7. The minimum absolute atomic E-state index is 0.209. The molecule has 8 heteroatoms. The molecule has 0 aliphatic carbocycles. The average molecular weight is 493 g/mol. The van der Waals surface area contributed by atoms with Crippen LogP contribution < -0.4 is 15.1 Å². The predicted molar refractivity (Wildman–Crippen MR) is 145 cm³/mol. The topological polar surface area (TPSA) is 105 Å². The number of para-hydroxylation sites is 2. The standard InChI is InChI=1S/C29H28N6O2/c1-19-16-23(20(2)31-24-11-7-6-10-22(24)29(36)37)27-25(17-19)32-26(18-30)28(33-27)35-14-12-34(13-15-35)21-8-4-3-5-9-21/h3-11,16-17,20,31H,12-15H2,1-2H3,(H,36,37)/t20-/m1/s1. The van der Waals surface area contributed by atoms with Crippen LogP contribution in [0.3, 0.4) is 0 Å². The van der Waals surface area contributed by atoms with Crippen LogP contribution in [0.5, 0.6) is 0 Å². The number of nitriles is 1. The first-order valence-corrected chi connectivity index (χ1v) is 12.3. The number of aromatic nitrogens is 2. The van der Waals surface area contributed by atoms with Crippen molar-refractivity contribution in [2.24, 2.45) is 0 Å². The van der Waals surface area contributed by atoms with Crippen LogP contribution in [-0.4, -0.2) is 47.2 Å². The maximum absolute atomic E-state index is 11.7. The van der Waals surface area contributed by atoms with Gasteiger partial charge in [0.2, 0.25) is 0 Å². The quantitative estimate of drug-likeness (QED) is 0.387. The van der Waals surface area contributed by atoms with Gasteiger partial charge in [-0.05, 0) is 49.7 Å². The van der Waals surface area contributed by atoms with Crippen molar-refractivity contribution in [2.45, 2.75) is 19.9 Å². The first-order chi connectivity index (χ1) is 17.9. The van der Waals surface area contributed by atoms with Crippen LogP contribution in [0.1, 0.15) is 40.1 Å². The number of hydrogen-bond donors (Lipinski definition) is 2. The number of nitrogens with one attached hydrogen (secondary N) is 1. The number of aryl methyl sites for hydroxylation is 1. The smallest absolute Gasteiger partial charge is 0.337 e. The fourth-order valence-electron chi connectivity index (χ4n) is 4.87. The van der Waals surface area contributed by atoms with Crippen molar-refractivity contribution in [1.29, 1.82) is 5.26 Å². The van der Waals surface area contributed by atoms with E-state index >= 15 is 0 Å². The van der Waals surface area contributed by atoms with E-state index in [4.69, 9.17) is 9.97 Å². The Bertz CT molecular complexity index is 1490. The molecule has 0 spiro atoms. The van der Waals surface area contributed by atoms with E-state index in [1.54, 1.807) is 18.2 Å². The predicted octanol–water partition coefficient (Wildman–Crippen LogP) is 5.01. The lowest BCUT2D eigenvalue weighted by molar-refractivity contribution is 0.0698. The van der Waals surface area contributed by atoms with Crippen LogP contribution in [0.25, 0.3) is 11.0 Å². The molecule has 0 radical (unpaired) electrons. The second-order valence-corrected chi connectivity index (χ2v) is 9.26. The van der Waals surface area contributed by atoms with Crippen LogP contribution in [0.2, 0.25) is 0 Å². The minimum atomic E-state index is -0.986. The van der Waals surface area contributed by atoms with Crippen molar-refractivity contribution in [1.82, 2.24) is 9.97 Å². The number of carboxylic acid groups (broad SMARTS) is 1. The largest absolute Gasteiger partial charge is 0.478 e. The van der Waals surface area contributed by atoms with Gasteiger partial charge in [-0.2, -0.15) is 5.26 Å². The van der Waals surface area contributed by atoms with Gasteiger partial charge in [0.1, 0.15) is 6.07 Å². The number of fused-ring (bicyclic) bond motifs is 1. The zero-order valence-electron chi connectivity index (χ0n) is 20.8. The van der Waals surface area contributed by atoms with E-state index in [9.17, 15) is 15.2 Å². The van der Waals surface area contributed by atoms with Crippen LogP contribution in [0.4, 0.5) is 17.2 Å². The summed E-state index contributed by atoms with van der Waals surface area (Å²) < 4.78 is 0. The molecule has 2 heterocycles. The third-order valence-electron chi connectivity index (χ3n) is 6.73. The number of piperazine rings is 1. The Hall–Kier alpha value is -4.64. The highest BCUT2D eigenvalue weighted by atomic mass is 16.4. The van der Waals surface area contributed by atoms with Gasteiger partial charge in [0, 0.05) is 43.1 Å². The lowest BCUT2D eigenvalue weighted by Gasteiger charge is -2.37. The Labute approximate surface area is 215 Å². The number of nitrogens with zero attached hydrogens (tertiary/aromatic N) is 5. The number of benzene rings is 3. The number of hydrogen-bond acceptors (Lipinski definition) is 7. The molecule has 4 aromatic rings. The first kappa shape index (κ1) is 24.1. The van der Waals surface area contributed by atoms with Gasteiger partial charge >= 0.3 is 5.97 Å². The number of anilines is 3. The summed E-state index contributed by atoms with van der Waals surface area (Å²) >= 11 is 0.